The minimum Gasteiger partial charge on any atom is -0.394 e. The van der Waals surface area contributed by atoms with Crippen LogP contribution in [0.15, 0.2) is 28.7 Å². The van der Waals surface area contributed by atoms with Gasteiger partial charge in [-0.3, -0.25) is 0 Å². The van der Waals surface area contributed by atoms with E-state index >= 15 is 0 Å². The average Bonchev–Trinajstić information content (AvgIpc) is 2.71. The van der Waals surface area contributed by atoms with Gasteiger partial charge in [0.2, 0.25) is 0 Å². The van der Waals surface area contributed by atoms with Crippen LogP contribution < -0.4 is 5.32 Å². The Balaban J connectivity index is 1.87. The van der Waals surface area contributed by atoms with Gasteiger partial charge in [-0.1, -0.05) is 18.2 Å². The molecule has 0 aliphatic carbocycles. The predicted octanol–water partition coefficient (Wildman–Crippen LogP) is 2.43. The average molecular weight is 341 g/mol. The van der Waals surface area contributed by atoms with E-state index in [1.165, 1.54) is 21.1 Å². The number of fused-ring (bicyclic) bond motifs is 1. The van der Waals surface area contributed by atoms with Crippen molar-refractivity contribution >= 4 is 26.8 Å². The van der Waals surface area contributed by atoms with Crippen molar-refractivity contribution in [3.8, 4) is 0 Å². The third-order valence-corrected chi connectivity index (χ3v) is 4.22. The largest absolute Gasteiger partial charge is 0.394 e. The van der Waals surface area contributed by atoms with E-state index in [1.807, 2.05) is 0 Å². The normalized spacial score (nSPS) is 11.3. The number of benzene rings is 1. The van der Waals surface area contributed by atoms with E-state index in [1.54, 1.807) is 0 Å². The van der Waals surface area contributed by atoms with Crippen molar-refractivity contribution in [2.24, 2.45) is 7.05 Å². The molecule has 2 N–H and O–H groups in total. The molecule has 2 aromatic rings. The fourth-order valence-corrected chi connectivity index (χ4v) is 3.01. The summed E-state index contributed by atoms with van der Waals surface area (Å²) in [6, 6.07) is 8.38. The van der Waals surface area contributed by atoms with Gasteiger partial charge in [-0.05, 0) is 35.0 Å². The molecule has 0 fully saturated rings. The number of rotatable bonds is 8. The highest BCUT2D eigenvalue weighted by atomic mass is 79.9. The first-order valence-electron chi connectivity index (χ1n) is 6.86. The highest BCUT2D eigenvalue weighted by molar-refractivity contribution is 9.10. The van der Waals surface area contributed by atoms with Gasteiger partial charge in [-0.2, -0.15) is 0 Å². The highest BCUT2D eigenvalue weighted by Crippen LogP contribution is 2.29. The number of ether oxygens (including phenoxy) is 1. The highest BCUT2D eigenvalue weighted by Gasteiger charge is 2.11. The van der Waals surface area contributed by atoms with E-state index in [-0.39, 0.29) is 6.61 Å². The van der Waals surface area contributed by atoms with Gasteiger partial charge in [-0.25, -0.2) is 0 Å². The lowest BCUT2D eigenvalue weighted by Gasteiger charge is -2.07. The zero-order valence-corrected chi connectivity index (χ0v) is 13.3. The molecule has 0 spiro atoms. The number of nitrogens with one attached hydrogen (secondary N) is 1. The third-order valence-electron chi connectivity index (χ3n) is 3.33. The fraction of sp³-hybridized carbons (Fsp3) is 0.467. The van der Waals surface area contributed by atoms with Crippen LogP contribution in [0.5, 0.6) is 0 Å². The Hall–Kier alpha value is -0.880. The Morgan fingerprint density at radius 2 is 2.10 bits per heavy atom. The summed E-state index contributed by atoms with van der Waals surface area (Å²) in [5, 5.41) is 13.3. The molecule has 0 unspecified atom stereocenters. The maximum Gasteiger partial charge on any atom is 0.0697 e. The van der Waals surface area contributed by atoms with E-state index in [0.717, 1.165) is 19.5 Å². The molecule has 0 radical (unpaired) electrons. The number of aliphatic hydroxyl groups excluding tert-OH is 1. The fourth-order valence-electron chi connectivity index (χ4n) is 2.27. The Bertz CT molecular complexity index is 515. The van der Waals surface area contributed by atoms with Crippen molar-refractivity contribution in [2.45, 2.75) is 13.0 Å². The minimum atomic E-state index is 0.0936. The van der Waals surface area contributed by atoms with Crippen LogP contribution in [0.4, 0.5) is 0 Å². The van der Waals surface area contributed by atoms with Gasteiger partial charge in [0.1, 0.15) is 0 Å². The Morgan fingerprint density at radius 3 is 2.85 bits per heavy atom. The summed E-state index contributed by atoms with van der Waals surface area (Å²) in [4.78, 5) is 0. The van der Waals surface area contributed by atoms with Gasteiger partial charge in [-0.15, -0.1) is 0 Å². The molecule has 1 heterocycles. The Labute approximate surface area is 127 Å². The van der Waals surface area contributed by atoms with Crippen molar-refractivity contribution in [1.29, 1.82) is 0 Å². The lowest BCUT2D eigenvalue weighted by atomic mass is 10.2. The number of hydrogen-bond donors (Lipinski definition) is 2. The van der Waals surface area contributed by atoms with Gasteiger partial charge in [0, 0.05) is 41.3 Å². The van der Waals surface area contributed by atoms with Gasteiger partial charge in [0.05, 0.1) is 13.2 Å². The number of para-hydroxylation sites is 1. The number of aryl methyl sites for hydroxylation is 1. The topological polar surface area (TPSA) is 46.4 Å². The van der Waals surface area contributed by atoms with Crippen LogP contribution in [0.3, 0.4) is 0 Å². The molecule has 4 nitrogen and oxygen atoms in total. The Kier molecular flexibility index (Phi) is 6.04. The van der Waals surface area contributed by atoms with Crippen LogP contribution in [-0.2, 0) is 18.3 Å². The first-order valence-corrected chi connectivity index (χ1v) is 7.66. The minimum absolute atomic E-state index is 0.0936. The number of hydrogen-bond acceptors (Lipinski definition) is 3. The van der Waals surface area contributed by atoms with E-state index in [4.69, 9.17) is 9.84 Å². The monoisotopic (exact) mass is 340 g/mol. The van der Waals surface area contributed by atoms with Crippen molar-refractivity contribution < 1.29 is 9.84 Å². The molecule has 0 atom stereocenters. The molecule has 5 heteroatoms. The van der Waals surface area contributed by atoms with Crippen molar-refractivity contribution in [2.75, 3.05) is 26.4 Å². The molecule has 20 heavy (non-hydrogen) atoms. The van der Waals surface area contributed by atoms with Crippen molar-refractivity contribution in [3.05, 3.63) is 34.4 Å². The first-order chi connectivity index (χ1) is 9.75. The second-order valence-electron chi connectivity index (χ2n) is 4.70. The second-order valence-corrected chi connectivity index (χ2v) is 5.50. The van der Waals surface area contributed by atoms with Gasteiger partial charge >= 0.3 is 0 Å². The van der Waals surface area contributed by atoms with E-state index in [2.05, 4.69) is 57.1 Å². The predicted molar refractivity (Wildman–Crippen MR) is 84.8 cm³/mol. The maximum absolute atomic E-state index is 8.60. The lowest BCUT2D eigenvalue weighted by molar-refractivity contribution is 0.0907. The lowest BCUT2D eigenvalue weighted by Crippen LogP contribution is -2.18. The summed E-state index contributed by atoms with van der Waals surface area (Å²) in [6.07, 6.45) is 0.946. The summed E-state index contributed by atoms with van der Waals surface area (Å²) < 4.78 is 8.61. The molecule has 0 saturated heterocycles. The zero-order valence-electron chi connectivity index (χ0n) is 11.7. The van der Waals surface area contributed by atoms with Crippen LogP contribution >= 0.6 is 15.9 Å². The first kappa shape index (κ1) is 15.5. The molecule has 1 aromatic heterocycles. The SMILES string of the molecule is Cn1c(CNCCCOCCO)c(Br)c2ccccc21. The van der Waals surface area contributed by atoms with Gasteiger partial charge in [0.25, 0.3) is 0 Å². The standard InChI is InChI=1S/C15H21BrN2O2/c1-18-13-6-3-2-5-12(13)15(16)14(18)11-17-7-4-9-20-10-8-19/h2-3,5-6,17,19H,4,7-11H2,1H3. The summed E-state index contributed by atoms with van der Waals surface area (Å²) in [7, 11) is 2.09. The third kappa shape index (κ3) is 3.61. The Morgan fingerprint density at radius 1 is 1.30 bits per heavy atom. The molecule has 0 aliphatic rings. The van der Waals surface area contributed by atoms with Crippen LogP contribution in [-0.4, -0.2) is 36.0 Å². The van der Waals surface area contributed by atoms with E-state index in [9.17, 15) is 0 Å². The molecular formula is C15H21BrN2O2. The second kappa shape index (κ2) is 7.78. The van der Waals surface area contributed by atoms with Crippen LogP contribution in [0.2, 0.25) is 0 Å². The molecule has 1 aromatic carbocycles. The number of halogens is 1. The van der Waals surface area contributed by atoms with Crippen LogP contribution in [0.1, 0.15) is 12.1 Å². The molecule has 0 aliphatic heterocycles. The summed E-state index contributed by atoms with van der Waals surface area (Å²) in [5.41, 5.74) is 2.49. The molecule has 2 rings (SSSR count). The van der Waals surface area contributed by atoms with Gasteiger partial charge in [0.15, 0.2) is 0 Å². The summed E-state index contributed by atoms with van der Waals surface area (Å²) >= 11 is 3.69. The smallest absolute Gasteiger partial charge is 0.0697 e. The van der Waals surface area contributed by atoms with Crippen LogP contribution in [0, 0.1) is 0 Å². The number of aromatic nitrogens is 1. The van der Waals surface area contributed by atoms with Gasteiger partial charge < -0.3 is 19.7 Å². The molecule has 110 valence electrons. The molecule has 0 bridgehead atoms. The summed E-state index contributed by atoms with van der Waals surface area (Å²) in [6.45, 7) is 2.93. The summed E-state index contributed by atoms with van der Waals surface area (Å²) in [5.74, 6) is 0. The van der Waals surface area contributed by atoms with E-state index in [0.29, 0.717) is 13.2 Å². The molecular weight excluding hydrogens is 320 g/mol. The van der Waals surface area contributed by atoms with Crippen molar-refractivity contribution in [1.82, 2.24) is 9.88 Å². The number of aliphatic hydroxyl groups is 1. The quantitative estimate of drug-likeness (QED) is 0.725. The molecule has 0 amide bonds. The van der Waals surface area contributed by atoms with Crippen LogP contribution in [0.25, 0.3) is 10.9 Å². The maximum atomic E-state index is 8.60. The molecule has 0 saturated carbocycles. The zero-order chi connectivity index (χ0) is 14.4. The van der Waals surface area contributed by atoms with Crippen molar-refractivity contribution in [3.63, 3.8) is 0 Å². The number of nitrogens with zero attached hydrogens (tertiary/aromatic N) is 1. The van der Waals surface area contributed by atoms with E-state index < -0.39 is 0 Å².